The molecule has 0 aromatic carbocycles. The van der Waals surface area contributed by atoms with Gasteiger partial charge in [-0.1, -0.05) is 0 Å². The van der Waals surface area contributed by atoms with Gasteiger partial charge in [-0.2, -0.15) is 0 Å². The van der Waals surface area contributed by atoms with Crippen LogP contribution in [0.5, 0.6) is 0 Å². The summed E-state index contributed by atoms with van der Waals surface area (Å²) in [4.78, 5) is 13.3. The number of morpholine rings is 1. The van der Waals surface area contributed by atoms with Crippen molar-refractivity contribution in [2.45, 2.75) is 19.4 Å². The zero-order chi connectivity index (χ0) is 10.4. The van der Waals surface area contributed by atoms with E-state index in [1.807, 2.05) is 6.92 Å². The molecule has 1 atom stereocenters. The van der Waals surface area contributed by atoms with Crippen LogP contribution in [0.2, 0.25) is 0 Å². The van der Waals surface area contributed by atoms with Crippen LogP contribution >= 0.6 is 0 Å². The third-order valence-corrected chi connectivity index (χ3v) is 2.09. The van der Waals surface area contributed by atoms with Gasteiger partial charge in [0.05, 0.1) is 13.2 Å². The number of terminal acetylenes is 1. The SMILES string of the molecule is C#CCC(C)NC(=O)N1CCOCC1. The molecule has 1 fully saturated rings. The number of hydrogen-bond donors (Lipinski definition) is 1. The van der Waals surface area contributed by atoms with E-state index < -0.39 is 0 Å². The van der Waals surface area contributed by atoms with Gasteiger partial charge in [-0.15, -0.1) is 12.3 Å². The summed E-state index contributed by atoms with van der Waals surface area (Å²) in [5.41, 5.74) is 0. The molecule has 1 N–H and O–H groups in total. The maximum atomic E-state index is 11.6. The summed E-state index contributed by atoms with van der Waals surface area (Å²) in [5.74, 6) is 2.52. The fraction of sp³-hybridized carbons (Fsp3) is 0.700. The van der Waals surface area contributed by atoms with Gasteiger partial charge in [-0.3, -0.25) is 0 Å². The maximum absolute atomic E-state index is 11.6. The molecule has 0 radical (unpaired) electrons. The van der Waals surface area contributed by atoms with E-state index in [-0.39, 0.29) is 12.1 Å². The lowest BCUT2D eigenvalue weighted by Crippen LogP contribution is -2.48. The average Bonchev–Trinajstić information content (AvgIpc) is 2.19. The summed E-state index contributed by atoms with van der Waals surface area (Å²) in [7, 11) is 0. The summed E-state index contributed by atoms with van der Waals surface area (Å²) in [6.07, 6.45) is 5.71. The second kappa shape index (κ2) is 5.51. The topological polar surface area (TPSA) is 41.6 Å². The average molecular weight is 196 g/mol. The highest BCUT2D eigenvalue weighted by Crippen LogP contribution is 1.98. The van der Waals surface area contributed by atoms with E-state index in [0.717, 1.165) is 0 Å². The molecule has 2 amide bonds. The molecule has 78 valence electrons. The molecule has 0 saturated carbocycles. The van der Waals surface area contributed by atoms with Gasteiger partial charge in [0.1, 0.15) is 0 Å². The first-order chi connectivity index (χ1) is 6.74. The Morgan fingerprint density at radius 1 is 1.64 bits per heavy atom. The van der Waals surface area contributed by atoms with Crippen molar-refractivity contribution in [2.24, 2.45) is 0 Å². The number of amides is 2. The fourth-order valence-corrected chi connectivity index (χ4v) is 1.30. The van der Waals surface area contributed by atoms with Gasteiger partial charge in [0, 0.05) is 25.6 Å². The van der Waals surface area contributed by atoms with E-state index in [1.54, 1.807) is 4.90 Å². The molecule has 4 heteroatoms. The zero-order valence-corrected chi connectivity index (χ0v) is 8.45. The van der Waals surface area contributed by atoms with Gasteiger partial charge in [-0.05, 0) is 6.92 Å². The van der Waals surface area contributed by atoms with E-state index >= 15 is 0 Å². The monoisotopic (exact) mass is 196 g/mol. The lowest BCUT2D eigenvalue weighted by molar-refractivity contribution is 0.0527. The molecule has 0 aromatic rings. The molecule has 1 rings (SSSR count). The lowest BCUT2D eigenvalue weighted by atomic mass is 10.2. The van der Waals surface area contributed by atoms with E-state index in [1.165, 1.54) is 0 Å². The molecule has 0 aromatic heterocycles. The fourth-order valence-electron chi connectivity index (χ4n) is 1.30. The minimum atomic E-state index is -0.0453. The van der Waals surface area contributed by atoms with Gasteiger partial charge in [0.25, 0.3) is 0 Å². The summed E-state index contributed by atoms with van der Waals surface area (Å²) in [6.45, 7) is 4.47. The predicted octanol–water partition coefficient (Wildman–Crippen LogP) is 0.440. The van der Waals surface area contributed by atoms with Crippen molar-refractivity contribution in [2.75, 3.05) is 26.3 Å². The summed E-state index contributed by atoms with van der Waals surface area (Å²) in [5, 5.41) is 2.84. The first-order valence-electron chi connectivity index (χ1n) is 4.80. The highest BCUT2D eigenvalue weighted by molar-refractivity contribution is 5.74. The number of ether oxygens (including phenoxy) is 1. The van der Waals surface area contributed by atoms with Crippen LogP contribution in [0, 0.1) is 12.3 Å². The highest BCUT2D eigenvalue weighted by Gasteiger charge is 2.17. The molecule has 1 heterocycles. The predicted molar refractivity (Wildman–Crippen MR) is 53.8 cm³/mol. The van der Waals surface area contributed by atoms with Crippen molar-refractivity contribution < 1.29 is 9.53 Å². The first kappa shape index (κ1) is 10.9. The van der Waals surface area contributed by atoms with Gasteiger partial charge in [0.15, 0.2) is 0 Å². The molecule has 14 heavy (non-hydrogen) atoms. The van der Waals surface area contributed by atoms with Crippen molar-refractivity contribution in [3.05, 3.63) is 0 Å². The second-order valence-electron chi connectivity index (χ2n) is 3.36. The van der Waals surface area contributed by atoms with Crippen LogP contribution in [0.4, 0.5) is 4.79 Å². The molecular formula is C10H16N2O2. The van der Waals surface area contributed by atoms with Gasteiger partial charge < -0.3 is 15.0 Å². The van der Waals surface area contributed by atoms with Crippen LogP contribution in [-0.2, 0) is 4.74 Å². The Bertz CT molecular complexity index is 229. The van der Waals surface area contributed by atoms with Crippen LogP contribution in [0.25, 0.3) is 0 Å². The van der Waals surface area contributed by atoms with Crippen LogP contribution in [0.3, 0.4) is 0 Å². The molecule has 4 nitrogen and oxygen atoms in total. The minimum Gasteiger partial charge on any atom is -0.378 e. The van der Waals surface area contributed by atoms with Crippen molar-refractivity contribution in [3.63, 3.8) is 0 Å². The van der Waals surface area contributed by atoms with Crippen LogP contribution in [-0.4, -0.2) is 43.3 Å². The molecule has 1 aliphatic rings. The molecule has 1 saturated heterocycles. The number of hydrogen-bond acceptors (Lipinski definition) is 2. The Morgan fingerprint density at radius 2 is 2.29 bits per heavy atom. The quantitative estimate of drug-likeness (QED) is 0.651. The molecule has 0 bridgehead atoms. The molecule has 1 unspecified atom stereocenters. The summed E-state index contributed by atoms with van der Waals surface area (Å²) >= 11 is 0. The Labute approximate surface area is 84.6 Å². The third-order valence-electron chi connectivity index (χ3n) is 2.09. The highest BCUT2D eigenvalue weighted by atomic mass is 16.5. The second-order valence-corrected chi connectivity index (χ2v) is 3.36. The molecule has 0 aliphatic carbocycles. The van der Waals surface area contributed by atoms with Gasteiger partial charge in [-0.25, -0.2) is 4.79 Å². The van der Waals surface area contributed by atoms with Crippen molar-refractivity contribution >= 4 is 6.03 Å². The maximum Gasteiger partial charge on any atom is 0.317 e. The standard InChI is InChI=1S/C10H16N2O2/c1-3-4-9(2)11-10(13)12-5-7-14-8-6-12/h1,9H,4-8H2,2H3,(H,11,13). The van der Waals surface area contributed by atoms with E-state index in [0.29, 0.717) is 32.7 Å². The summed E-state index contributed by atoms with van der Waals surface area (Å²) in [6, 6.07) is -0.00797. The molecule has 0 spiro atoms. The van der Waals surface area contributed by atoms with Gasteiger partial charge in [0.2, 0.25) is 0 Å². The Morgan fingerprint density at radius 3 is 2.86 bits per heavy atom. The lowest BCUT2D eigenvalue weighted by Gasteiger charge is -2.28. The van der Waals surface area contributed by atoms with E-state index in [9.17, 15) is 4.79 Å². The zero-order valence-electron chi connectivity index (χ0n) is 8.45. The third kappa shape index (κ3) is 3.27. The van der Waals surface area contributed by atoms with Crippen molar-refractivity contribution in [3.8, 4) is 12.3 Å². The largest absolute Gasteiger partial charge is 0.378 e. The Balaban J connectivity index is 2.30. The molecule has 1 aliphatic heterocycles. The Kier molecular flexibility index (Phi) is 4.27. The van der Waals surface area contributed by atoms with Crippen LogP contribution in [0.1, 0.15) is 13.3 Å². The number of nitrogens with one attached hydrogen (secondary N) is 1. The minimum absolute atomic E-state index is 0.0374. The van der Waals surface area contributed by atoms with Gasteiger partial charge >= 0.3 is 6.03 Å². The number of urea groups is 1. The van der Waals surface area contributed by atoms with E-state index in [2.05, 4.69) is 11.2 Å². The smallest absolute Gasteiger partial charge is 0.317 e. The Hall–Kier alpha value is -1.21. The molecular weight excluding hydrogens is 180 g/mol. The number of rotatable bonds is 2. The van der Waals surface area contributed by atoms with Crippen LogP contribution in [0.15, 0.2) is 0 Å². The number of nitrogens with zero attached hydrogens (tertiary/aromatic N) is 1. The van der Waals surface area contributed by atoms with E-state index in [4.69, 9.17) is 11.2 Å². The normalized spacial score (nSPS) is 18.4. The number of carbonyl (C=O) groups is 1. The van der Waals surface area contributed by atoms with Crippen molar-refractivity contribution in [1.29, 1.82) is 0 Å². The first-order valence-corrected chi connectivity index (χ1v) is 4.80. The number of carbonyl (C=O) groups excluding carboxylic acids is 1. The van der Waals surface area contributed by atoms with Crippen LogP contribution < -0.4 is 5.32 Å². The summed E-state index contributed by atoms with van der Waals surface area (Å²) < 4.78 is 5.15. The van der Waals surface area contributed by atoms with Crippen molar-refractivity contribution in [1.82, 2.24) is 10.2 Å².